The summed E-state index contributed by atoms with van der Waals surface area (Å²) in [6, 6.07) is -1.11. The lowest BCUT2D eigenvalue weighted by Crippen LogP contribution is -2.36. The molecule has 4 aromatic rings. The number of hydrogen-bond acceptors (Lipinski definition) is 18. The van der Waals surface area contributed by atoms with Gasteiger partial charge in [-0.25, -0.2) is 52.3 Å². The average molecular weight is 775 g/mol. The minimum absolute atomic E-state index is 0.00437. The summed E-state index contributed by atoms with van der Waals surface area (Å²) in [6.07, 6.45) is -6.39. The van der Waals surface area contributed by atoms with Gasteiger partial charge in [-0.15, -0.1) is 0 Å². The molecule has 282 valence electrons. The van der Waals surface area contributed by atoms with Gasteiger partial charge in [0, 0.05) is 5.92 Å². The monoisotopic (exact) mass is 774 g/mol. The summed E-state index contributed by atoms with van der Waals surface area (Å²) in [7, 11) is -10.1. The van der Waals surface area contributed by atoms with Crippen molar-refractivity contribution >= 4 is 55.6 Å². The van der Waals surface area contributed by atoms with Gasteiger partial charge in [0.1, 0.15) is 48.2 Å². The Balaban J connectivity index is 1.20. The van der Waals surface area contributed by atoms with Crippen molar-refractivity contribution in [2.45, 2.75) is 70.1 Å². The van der Waals surface area contributed by atoms with Crippen LogP contribution in [-0.2, 0) is 46.0 Å². The van der Waals surface area contributed by atoms with Gasteiger partial charge >= 0.3 is 21.6 Å². The molecule has 10 unspecified atom stereocenters. The van der Waals surface area contributed by atoms with Crippen molar-refractivity contribution in [1.29, 1.82) is 0 Å². The predicted octanol–water partition coefficient (Wildman–Crippen LogP) is 2.55. The van der Waals surface area contributed by atoms with E-state index in [-0.39, 0.29) is 40.4 Å². The fraction of sp³-hybridized carbons (Fsp3) is 0.593. The molecule has 2 saturated heterocycles. The third-order valence-corrected chi connectivity index (χ3v) is 11.1. The lowest BCUT2D eigenvalue weighted by atomic mass is 9.98. The zero-order valence-corrected chi connectivity index (χ0v) is 29.5. The van der Waals surface area contributed by atoms with Gasteiger partial charge in [0.25, 0.3) is 0 Å². The van der Waals surface area contributed by atoms with Crippen LogP contribution in [0.1, 0.15) is 39.5 Å². The van der Waals surface area contributed by atoms with E-state index in [0.717, 1.165) is 17.2 Å². The number of fused-ring (bicyclic) bond motifs is 4. The third kappa shape index (κ3) is 6.88. The number of alkyl halides is 2. The van der Waals surface area contributed by atoms with E-state index >= 15 is 8.78 Å². The first-order chi connectivity index (χ1) is 24.6. The van der Waals surface area contributed by atoms with Crippen molar-refractivity contribution in [2.24, 2.45) is 11.3 Å². The molecule has 1 saturated carbocycles. The smallest absolute Gasteiger partial charge is 0.437 e. The molecule has 25 heteroatoms. The largest absolute Gasteiger partial charge is 0.478 e. The number of nitrogen functional groups attached to an aromatic ring is 2. The SMILES string of the molecule is CC(C)(C)C(=O)OCOP1(=O)OCC2CC(n3cnc4c(N)ncnc43)C(F)C2OP(=O)(O)OCC2OC(n3cnc4c(N)ncnc43)C(F)C2O1. The van der Waals surface area contributed by atoms with Crippen LogP contribution in [0.15, 0.2) is 25.3 Å². The molecule has 0 bridgehead atoms. The second-order valence-electron chi connectivity index (χ2n) is 13.3. The van der Waals surface area contributed by atoms with Crippen molar-refractivity contribution in [1.82, 2.24) is 39.0 Å². The molecule has 7 rings (SSSR count). The fourth-order valence-electron chi connectivity index (χ4n) is 6.12. The topological polar surface area (TPSA) is 275 Å². The molecule has 0 spiro atoms. The summed E-state index contributed by atoms with van der Waals surface area (Å²) in [4.78, 5) is 47.4. The summed E-state index contributed by atoms with van der Waals surface area (Å²) < 4.78 is 101. The Morgan fingerprint density at radius 1 is 0.923 bits per heavy atom. The van der Waals surface area contributed by atoms with Crippen LogP contribution < -0.4 is 11.5 Å². The van der Waals surface area contributed by atoms with Crippen LogP contribution in [-0.4, -0.2) is 101 Å². The van der Waals surface area contributed by atoms with Crippen LogP contribution in [0.2, 0.25) is 0 Å². The number of phosphoric acid groups is 2. The molecule has 6 heterocycles. The van der Waals surface area contributed by atoms with Gasteiger partial charge in [0.15, 0.2) is 35.3 Å². The number of imidazole rings is 2. The van der Waals surface area contributed by atoms with Gasteiger partial charge < -0.3 is 30.4 Å². The summed E-state index contributed by atoms with van der Waals surface area (Å²) in [6.45, 7) is 2.19. The van der Waals surface area contributed by atoms with E-state index in [0.29, 0.717) is 0 Å². The molecule has 10 atom stereocenters. The van der Waals surface area contributed by atoms with Crippen LogP contribution in [0, 0.1) is 11.3 Å². The van der Waals surface area contributed by atoms with Crippen molar-refractivity contribution in [2.75, 3.05) is 31.5 Å². The Kier molecular flexibility index (Phi) is 9.54. The molecule has 21 nitrogen and oxygen atoms in total. The zero-order valence-electron chi connectivity index (χ0n) is 27.7. The molecule has 0 aromatic carbocycles. The van der Waals surface area contributed by atoms with E-state index in [1.165, 1.54) is 17.2 Å². The predicted molar refractivity (Wildman–Crippen MR) is 171 cm³/mol. The normalized spacial score (nSPS) is 34.4. The molecule has 52 heavy (non-hydrogen) atoms. The van der Waals surface area contributed by atoms with Crippen molar-refractivity contribution < 1.29 is 59.7 Å². The quantitative estimate of drug-likeness (QED) is 0.149. The number of nitrogens with two attached hydrogens (primary N) is 2. The standard InChI is InChI=1S/C27H34F2N10O11P2/c1-27(2,3)26(40)44-11-47-52(43)46-5-12-4-13(38-9-36-17-21(30)32-7-34-23(17)38)15(28)19(12)49-51(41,42)45-6-14-20(50-52)16(29)25(48-14)39-10-37-18-22(31)33-8-35-24(18)39/h7-10,12-16,19-20,25H,4-6,11H2,1-3H3,(H,41,42)(H2,30,32,34)(H2,31,33,35). The summed E-state index contributed by atoms with van der Waals surface area (Å²) in [5.41, 5.74) is 11.3. The first-order valence-corrected chi connectivity index (χ1v) is 18.7. The third-order valence-electron chi connectivity index (χ3n) is 8.73. The lowest BCUT2D eigenvalue weighted by molar-refractivity contribution is -0.161. The van der Waals surface area contributed by atoms with Gasteiger partial charge in [-0.05, 0) is 27.2 Å². The van der Waals surface area contributed by atoms with Gasteiger partial charge in [-0.2, -0.15) is 0 Å². The molecule has 1 aliphatic carbocycles. The molecule has 0 amide bonds. The number of hydrogen-bond donors (Lipinski definition) is 3. The van der Waals surface area contributed by atoms with Crippen LogP contribution in [0.3, 0.4) is 0 Å². The van der Waals surface area contributed by atoms with E-state index in [9.17, 15) is 18.8 Å². The Morgan fingerprint density at radius 2 is 1.56 bits per heavy atom. The summed E-state index contributed by atoms with van der Waals surface area (Å²) in [5.74, 6) is -1.82. The fourth-order valence-corrected chi connectivity index (χ4v) is 8.42. The Bertz CT molecular complexity index is 2080. The second kappa shape index (κ2) is 13.6. The molecular formula is C27H34F2N10O11P2. The minimum atomic E-state index is -5.11. The molecule has 0 radical (unpaired) electrons. The molecule has 2 aliphatic heterocycles. The molecule has 5 N–H and O–H groups in total. The maximum absolute atomic E-state index is 16.4. The van der Waals surface area contributed by atoms with Gasteiger partial charge in [0.05, 0.1) is 37.3 Å². The highest BCUT2D eigenvalue weighted by Crippen LogP contribution is 2.58. The first-order valence-electron chi connectivity index (χ1n) is 15.8. The number of nitrogens with zero attached hydrogens (tertiary/aromatic N) is 8. The molecule has 3 fully saturated rings. The number of phosphoric ester groups is 2. The Morgan fingerprint density at radius 3 is 2.21 bits per heavy atom. The highest BCUT2D eigenvalue weighted by Gasteiger charge is 2.55. The van der Waals surface area contributed by atoms with Crippen molar-refractivity contribution in [3.8, 4) is 0 Å². The minimum Gasteiger partial charge on any atom is -0.437 e. The first kappa shape index (κ1) is 36.6. The summed E-state index contributed by atoms with van der Waals surface area (Å²) in [5, 5.41) is 0. The number of rotatable bonds is 5. The number of ether oxygens (including phenoxy) is 2. The number of carbonyl (C=O) groups is 1. The highest BCUT2D eigenvalue weighted by atomic mass is 31.2. The summed E-state index contributed by atoms with van der Waals surface area (Å²) >= 11 is 0. The second-order valence-corrected chi connectivity index (χ2v) is 16.3. The number of esters is 1. The van der Waals surface area contributed by atoms with Crippen LogP contribution >= 0.6 is 15.6 Å². The molecule has 3 aliphatic rings. The van der Waals surface area contributed by atoms with Gasteiger partial charge in [-0.3, -0.25) is 27.5 Å². The number of anilines is 2. The van der Waals surface area contributed by atoms with E-state index in [1.807, 2.05) is 0 Å². The van der Waals surface area contributed by atoms with E-state index in [4.69, 9.17) is 43.6 Å². The van der Waals surface area contributed by atoms with Crippen molar-refractivity contribution in [3.05, 3.63) is 25.3 Å². The lowest BCUT2D eigenvalue weighted by Gasteiger charge is -2.29. The van der Waals surface area contributed by atoms with Gasteiger partial charge in [-0.1, -0.05) is 0 Å². The maximum Gasteiger partial charge on any atom is 0.478 e. The van der Waals surface area contributed by atoms with E-state index < -0.39 is 95.9 Å². The van der Waals surface area contributed by atoms with Crippen LogP contribution in [0.4, 0.5) is 20.4 Å². The zero-order chi connectivity index (χ0) is 37.2. The average Bonchev–Trinajstić information content (AvgIpc) is 3.84. The van der Waals surface area contributed by atoms with Crippen LogP contribution in [0.5, 0.6) is 0 Å². The van der Waals surface area contributed by atoms with E-state index in [1.54, 1.807) is 20.8 Å². The highest BCUT2D eigenvalue weighted by molar-refractivity contribution is 7.48. The molecule has 4 aromatic heterocycles. The maximum atomic E-state index is 16.4. The number of aromatic nitrogens is 8. The Hall–Kier alpha value is -3.79. The molecular weight excluding hydrogens is 740 g/mol. The Labute approximate surface area is 292 Å². The van der Waals surface area contributed by atoms with Crippen LogP contribution in [0.25, 0.3) is 22.3 Å². The number of halogens is 2. The van der Waals surface area contributed by atoms with E-state index in [2.05, 4.69) is 29.9 Å². The van der Waals surface area contributed by atoms with Gasteiger partial charge in [0.2, 0.25) is 6.79 Å². The number of carbonyl (C=O) groups excluding carboxylic acids is 1. The van der Waals surface area contributed by atoms with Crippen molar-refractivity contribution in [3.63, 3.8) is 0 Å².